The first-order valence-corrected chi connectivity index (χ1v) is 6.96. The van der Waals surface area contributed by atoms with Crippen LogP contribution in [0.2, 0.25) is 0 Å². The molecule has 1 aromatic heterocycles. The van der Waals surface area contributed by atoms with Crippen molar-refractivity contribution >= 4 is 23.2 Å². The number of hydrogen-bond acceptors (Lipinski definition) is 3. The number of aryl methyl sites for hydroxylation is 1. The predicted octanol–water partition coefficient (Wildman–Crippen LogP) is 2.28. The Hall–Kier alpha value is -2.21. The summed E-state index contributed by atoms with van der Waals surface area (Å²) in [5, 5.41) is 3.90. The van der Waals surface area contributed by atoms with Gasteiger partial charge in [-0.2, -0.15) is 11.3 Å². The number of nitrogens with one attached hydrogen (secondary N) is 2. The van der Waals surface area contributed by atoms with E-state index in [-0.39, 0.29) is 17.9 Å². The standard InChI is InChI=1S/C14H13FN2O2S/c15-12-4-2-1-3-11(12)14(19)17-16-13(18)6-5-10-7-8-20-9-10/h1-4,7-9H,5-6H2,(H,16,18)(H,17,19). The van der Waals surface area contributed by atoms with E-state index in [9.17, 15) is 14.0 Å². The van der Waals surface area contributed by atoms with Crippen LogP contribution in [0.3, 0.4) is 0 Å². The van der Waals surface area contributed by atoms with E-state index in [4.69, 9.17) is 0 Å². The lowest BCUT2D eigenvalue weighted by Gasteiger charge is -2.07. The molecule has 0 unspecified atom stereocenters. The minimum atomic E-state index is -0.674. The summed E-state index contributed by atoms with van der Waals surface area (Å²) in [6, 6.07) is 7.52. The summed E-state index contributed by atoms with van der Waals surface area (Å²) in [5.41, 5.74) is 5.43. The molecule has 1 aromatic carbocycles. The Balaban J connectivity index is 1.78. The Labute approximate surface area is 119 Å². The van der Waals surface area contributed by atoms with Crippen molar-refractivity contribution in [3.63, 3.8) is 0 Å². The zero-order valence-electron chi connectivity index (χ0n) is 10.6. The molecule has 2 aromatic rings. The molecular weight excluding hydrogens is 279 g/mol. The lowest BCUT2D eigenvalue weighted by molar-refractivity contribution is -0.121. The van der Waals surface area contributed by atoms with Crippen LogP contribution >= 0.6 is 11.3 Å². The van der Waals surface area contributed by atoms with Crippen molar-refractivity contribution in [1.82, 2.24) is 10.9 Å². The van der Waals surface area contributed by atoms with Crippen molar-refractivity contribution < 1.29 is 14.0 Å². The molecule has 2 N–H and O–H groups in total. The lowest BCUT2D eigenvalue weighted by Crippen LogP contribution is -2.42. The van der Waals surface area contributed by atoms with E-state index in [0.717, 1.165) is 5.56 Å². The first kappa shape index (κ1) is 14.2. The maximum atomic E-state index is 13.3. The first-order chi connectivity index (χ1) is 9.66. The summed E-state index contributed by atoms with van der Waals surface area (Å²) < 4.78 is 13.3. The van der Waals surface area contributed by atoms with Crippen LogP contribution in [-0.2, 0) is 11.2 Å². The number of rotatable bonds is 4. The third kappa shape index (κ3) is 3.89. The van der Waals surface area contributed by atoms with Gasteiger partial charge in [0.25, 0.3) is 5.91 Å². The molecular formula is C14H13FN2O2S. The van der Waals surface area contributed by atoms with Crippen LogP contribution in [0.1, 0.15) is 22.3 Å². The molecule has 6 heteroatoms. The van der Waals surface area contributed by atoms with Gasteiger partial charge in [0.2, 0.25) is 5.91 Å². The molecule has 0 aliphatic heterocycles. The summed E-state index contributed by atoms with van der Waals surface area (Å²) in [6.45, 7) is 0. The van der Waals surface area contributed by atoms with Gasteiger partial charge in [-0.05, 0) is 40.9 Å². The van der Waals surface area contributed by atoms with Gasteiger partial charge in [0, 0.05) is 6.42 Å². The van der Waals surface area contributed by atoms with E-state index in [1.165, 1.54) is 18.2 Å². The van der Waals surface area contributed by atoms with Crippen molar-refractivity contribution in [2.75, 3.05) is 0 Å². The molecule has 20 heavy (non-hydrogen) atoms. The maximum Gasteiger partial charge on any atom is 0.272 e. The van der Waals surface area contributed by atoms with Gasteiger partial charge >= 0.3 is 0 Å². The number of halogens is 1. The molecule has 0 saturated carbocycles. The van der Waals surface area contributed by atoms with Crippen molar-refractivity contribution in [2.45, 2.75) is 12.8 Å². The highest BCUT2D eigenvalue weighted by Crippen LogP contribution is 2.08. The fraction of sp³-hybridized carbons (Fsp3) is 0.143. The molecule has 2 rings (SSSR count). The molecule has 0 aliphatic rings. The number of hydrazine groups is 1. The number of carbonyl (C=O) groups excluding carboxylic acids is 2. The second kappa shape index (κ2) is 6.81. The molecule has 1 heterocycles. The number of carbonyl (C=O) groups is 2. The second-order valence-electron chi connectivity index (χ2n) is 4.11. The Bertz CT molecular complexity index is 599. The normalized spacial score (nSPS) is 10.1. The third-order valence-corrected chi connectivity index (χ3v) is 3.39. The Morgan fingerprint density at radius 1 is 1.15 bits per heavy atom. The quantitative estimate of drug-likeness (QED) is 0.849. The average molecular weight is 292 g/mol. The summed E-state index contributed by atoms with van der Waals surface area (Å²) in [6.07, 6.45) is 0.860. The third-order valence-electron chi connectivity index (χ3n) is 2.65. The van der Waals surface area contributed by atoms with Gasteiger partial charge in [0.1, 0.15) is 5.82 Å². The smallest absolute Gasteiger partial charge is 0.272 e. The summed E-state index contributed by atoms with van der Waals surface area (Å²) in [5.74, 6) is -1.62. The Morgan fingerprint density at radius 3 is 2.65 bits per heavy atom. The first-order valence-electron chi connectivity index (χ1n) is 6.01. The van der Waals surface area contributed by atoms with Crippen molar-refractivity contribution in [1.29, 1.82) is 0 Å². The molecule has 0 saturated heterocycles. The zero-order valence-corrected chi connectivity index (χ0v) is 11.4. The van der Waals surface area contributed by atoms with Gasteiger partial charge in [-0.25, -0.2) is 4.39 Å². The van der Waals surface area contributed by atoms with Crippen LogP contribution < -0.4 is 10.9 Å². The van der Waals surface area contributed by atoms with E-state index >= 15 is 0 Å². The molecule has 2 amide bonds. The number of thiophene rings is 1. The molecule has 4 nitrogen and oxygen atoms in total. The number of amides is 2. The van der Waals surface area contributed by atoms with Crippen LogP contribution in [0.4, 0.5) is 4.39 Å². The fourth-order valence-electron chi connectivity index (χ4n) is 1.59. The lowest BCUT2D eigenvalue weighted by atomic mass is 10.2. The highest BCUT2D eigenvalue weighted by atomic mass is 32.1. The van der Waals surface area contributed by atoms with Crippen LogP contribution in [0, 0.1) is 5.82 Å². The van der Waals surface area contributed by atoms with Crippen LogP contribution in [0.25, 0.3) is 0 Å². The molecule has 0 spiro atoms. The molecule has 0 atom stereocenters. The molecule has 0 bridgehead atoms. The zero-order chi connectivity index (χ0) is 14.4. The van der Waals surface area contributed by atoms with Gasteiger partial charge in [-0.3, -0.25) is 20.4 Å². The summed E-state index contributed by atoms with van der Waals surface area (Å²) >= 11 is 1.57. The van der Waals surface area contributed by atoms with Gasteiger partial charge in [0.15, 0.2) is 0 Å². The van der Waals surface area contributed by atoms with Crippen LogP contribution in [0.15, 0.2) is 41.1 Å². The van der Waals surface area contributed by atoms with Crippen molar-refractivity contribution in [3.05, 3.63) is 58.0 Å². The van der Waals surface area contributed by atoms with Gasteiger partial charge in [0.05, 0.1) is 5.56 Å². The molecule has 0 radical (unpaired) electrons. The van der Waals surface area contributed by atoms with E-state index in [0.29, 0.717) is 6.42 Å². The predicted molar refractivity (Wildman–Crippen MR) is 74.6 cm³/mol. The largest absolute Gasteiger partial charge is 0.273 e. The maximum absolute atomic E-state index is 13.3. The molecule has 104 valence electrons. The Kier molecular flexibility index (Phi) is 4.84. The van der Waals surface area contributed by atoms with E-state index < -0.39 is 11.7 Å². The average Bonchev–Trinajstić information content (AvgIpc) is 2.96. The van der Waals surface area contributed by atoms with Crippen LogP contribution in [0.5, 0.6) is 0 Å². The van der Waals surface area contributed by atoms with Gasteiger partial charge in [-0.15, -0.1) is 0 Å². The number of benzene rings is 1. The van der Waals surface area contributed by atoms with Crippen LogP contribution in [-0.4, -0.2) is 11.8 Å². The topological polar surface area (TPSA) is 58.2 Å². The highest BCUT2D eigenvalue weighted by Gasteiger charge is 2.11. The minimum Gasteiger partial charge on any atom is -0.273 e. The second-order valence-corrected chi connectivity index (χ2v) is 4.89. The van der Waals surface area contributed by atoms with Gasteiger partial charge < -0.3 is 0 Å². The summed E-state index contributed by atoms with van der Waals surface area (Å²) in [7, 11) is 0. The summed E-state index contributed by atoms with van der Waals surface area (Å²) in [4.78, 5) is 23.2. The SMILES string of the molecule is O=C(CCc1ccsc1)NNC(=O)c1ccccc1F. The van der Waals surface area contributed by atoms with Gasteiger partial charge in [-0.1, -0.05) is 12.1 Å². The Morgan fingerprint density at radius 2 is 1.95 bits per heavy atom. The molecule has 0 fully saturated rings. The van der Waals surface area contributed by atoms with Crippen molar-refractivity contribution in [2.24, 2.45) is 0 Å². The van der Waals surface area contributed by atoms with Crippen molar-refractivity contribution in [3.8, 4) is 0 Å². The van der Waals surface area contributed by atoms with E-state index in [1.54, 1.807) is 17.4 Å². The highest BCUT2D eigenvalue weighted by molar-refractivity contribution is 7.07. The fourth-order valence-corrected chi connectivity index (χ4v) is 2.30. The number of hydrogen-bond donors (Lipinski definition) is 2. The monoisotopic (exact) mass is 292 g/mol. The van der Waals surface area contributed by atoms with E-state index in [2.05, 4.69) is 10.9 Å². The minimum absolute atomic E-state index is 0.106. The molecule has 0 aliphatic carbocycles. The van der Waals surface area contributed by atoms with E-state index in [1.807, 2.05) is 16.8 Å².